The molecule has 1 saturated heterocycles. The zero-order valence-electron chi connectivity index (χ0n) is 9.21. The monoisotopic (exact) mass is 216 g/mol. The van der Waals surface area contributed by atoms with Gasteiger partial charge in [-0.25, -0.2) is 0 Å². The first-order valence-electron chi connectivity index (χ1n) is 5.44. The van der Waals surface area contributed by atoms with Crippen molar-refractivity contribution in [2.24, 2.45) is 0 Å². The van der Waals surface area contributed by atoms with E-state index in [4.69, 9.17) is 4.74 Å². The van der Waals surface area contributed by atoms with Crippen molar-refractivity contribution in [1.29, 1.82) is 0 Å². The molecule has 1 unspecified atom stereocenters. The average Bonchev–Trinajstić information content (AvgIpc) is 2.62. The van der Waals surface area contributed by atoms with Gasteiger partial charge in [-0.3, -0.25) is 4.79 Å². The van der Waals surface area contributed by atoms with Gasteiger partial charge in [-0.1, -0.05) is 6.92 Å². The molecule has 5 nitrogen and oxygen atoms in total. The summed E-state index contributed by atoms with van der Waals surface area (Å²) in [6.45, 7) is 4.33. The molecule has 1 rings (SSSR count). The second kappa shape index (κ2) is 6.05. The molecule has 0 aromatic rings. The first kappa shape index (κ1) is 12.4. The van der Waals surface area contributed by atoms with E-state index in [1.165, 1.54) is 0 Å². The van der Waals surface area contributed by atoms with Crippen molar-refractivity contribution in [3.8, 4) is 0 Å². The highest BCUT2D eigenvalue weighted by molar-refractivity contribution is 5.77. The van der Waals surface area contributed by atoms with Gasteiger partial charge in [0.2, 0.25) is 5.91 Å². The van der Waals surface area contributed by atoms with E-state index in [0.29, 0.717) is 32.7 Å². The SMILES string of the molecule is CCCNC(=O)CNCC1(O)CCOC1. The number of rotatable bonds is 6. The maximum Gasteiger partial charge on any atom is 0.233 e. The van der Waals surface area contributed by atoms with E-state index < -0.39 is 5.60 Å². The Hall–Kier alpha value is -0.650. The topological polar surface area (TPSA) is 70.6 Å². The molecule has 15 heavy (non-hydrogen) atoms. The van der Waals surface area contributed by atoms with Crippen molar-refractivity contribution < 1.29 is 14.6 Å². The molecule has 0 radical (unpaired) electrons. The first-order chi connectivity index (χ1) is 7.16. The lowest BCUT2D eigenvalue weighted by atomic mass is 10.0. The third-order valence-corrected chi connectivity index (χ3v) is 2.39. The van der Waals surface area contributed by atoms with Gasteiger partial charge in [0, 0.05) is 26.1 Å². The van der Waals surface area contributed by atoms with Crippen molar-refractivity contribution in [2.75, 3.05) is 32.8 Å². The quantitative estimate of drug-likeness (QED) is 0.546. The van der Waals surface area contributed by atoms with Crippen LogP contribution in [0.15, 0.2) is 0 Å². The highest BCUT2D eigenvalue weighted by atomic mass is 16.5. The van der Waals surface area contributed by atoms with E-state index in [-0.39, 0.29) is 12.5 Å². The largest absolute Gasteiger partial charge is 0.386 e. The maximum atomic E-state index is 11.2. The molecule has 0 spiro atoms. The fourth-order valence-corrected chi connectivity index (χ4v) is 1.47. The summed E-state index contributed by atoms with van der Waals surface area (Å²) in [5.41, 5.74) is -0.787. The number of nitrogens with one attached hydrogen (secondary N) is 2. The second-order valence-corrected chi connectivity index (χ2v) is 3.98. The summed E-state index contributed by atoms with van der Waals surface area (Å²) in [5, 5.41) is 15.6. The fourth-order valence-electron chi connectivity index (χ4n) is 1.47. The van der Waals surface area contributed by atoms with Crippen molar-refractivity contribution in [1.82, 2.24) is 10.6 Å². The Balaban J connectivity index is 2.07. The third-order valence-electron chi connectivity index (χ3n) is 2.39. The molecule has 5 heteroatoms. The van der Waals surface area contributed by atoms with E-state index in [1.54, 1.807) is 0 Å². The van der Waals surface area contributed by atoms with Crippen LogP contribution in [0.1, 0.15) is 19.8 Å². The number of ether oxygens (including phenoxy) is 1. The van der Waals surface area contributed by atoms with E-state index in [2.05, 4.69) is 10.6 Å². The molecular formula is C10H20N2O3. The van der Waals surface area contributed by atoms with Crippen LogP contribution in [0.25, 0.3) is 0 Å². The molecule has 0 saturated carbocycles. The summed E-state index contributed by atoms with van der Waals surface area (Å²) < 4.78 is 5.09. The molecule has 1 amide bonds. The van der Waals surface area contributed by atoms with Crippen LogP contribution in [-0.2, 0) is 9.53 Å². The van der Waals surface area contributed by atoms with Crippen LogP contribution in [0.4, 0.5) is 0 Å². The highest BCUT2D eigenvalue weighted by Crippen LogP contribution is 2.16. The standard InChI is InChI=1S/C10H20N2O3/c1-2-4-12-9(13)6-11-7-10(14)3-5-15-8-10/h11,14H,2-8H2,1H3,(H,12,13). The van der Waals surface area contributed by atoms with Gasteiger partial charge in [0.05, 0.1) is 13.2 Å². The number of amides is 1. The van der Waals surface area contributed by atoms with Gasteiger partial charge in [-0.2, -0.15) is 0 Å². The van der Waals surface area contributed by atoms with Crippen molar-refractivity contribution in [3.63, 3.8) is 0 Å². The van der Waals surface area contributed by atoms with Gasteiger partial charge in [-0.15, -0.1) is 0 Å². The minimum Gasteiger partial charge on any atom is -0.386 e. The Morgan fingerprint density at radius 2 is 2.40 bits per heavy atom. The molecule has 1 fully saturated rings. The van der Waals surface area contributed by atoms with Crippen LogP contribution >= 0.6 is 0 Å². The Morgan fingerprint density at radius 1 is 1.60 bits per heavy atom. The molecule has 0 aromatic carbocycles. The van der Waals surface area contributed by atoms with Crippen LogP contribution in [-0.4, -0.2) is 49.5 Å². The Bertz CT molecular complexity index is 203. The molecule has 0 aromatic heterocycles. The minimum absolute atomic E-state index is 0.0284. The summed E-state index contributed by atoms with van der Waals surface area (Å²) in [6.07, 6.45) is 1.57. The molecule has 1 aliphatic rings. The van der Waals surface area contributed by atoms with Gasteiger partial charge >= 0.3 is 0 Å². The summed E-state index contributed by atoms with van der Waals surface area (Å²) in [7, 11) is 0. The van der Waals surface area contributed by atoms with Crippen LogP contribution in [0.3, 0.4) is 0 Å². The van der Waals surface area contributed by atoms with E-state index in [0.717, 1.165) is 6.42 Å². The van der Waals surface area contributed by atoms with Gasteiger partial charge < -0.3 is 20.5 Å². The molecule has 88 valence electrons. The average molecular weight is 216 g/mol. The Labute approximate surface area is 90.2 Å². The number of carbonyl (C=O) groups excluding carboxylic acids is 1. The summed E-state index contributed by atoms with van der Waals surface area (Å²) in [6, 6.07) is 0. The van der Waals surface area contributed by atoms with Crippen LogP contribution in [0, 0.1) is 0 Å². The lowest BCUT2D eigenvalue weighted by Crippen LogP contribution is -2.44. The summed E-state index contributed by atoms with van der Waals surface area (Å²) >= 11 is 0. The zero-order valence-corrected chi connectivity index (χ0v) is 9.21. The zero-order chi connectivity index (χ0) is 11.1. The Morgan fingerprint density at radius 3 is 3.00 bits per heavy atom. The predicted octanol–water partition coefficient (Wildman–Crippen LogP) is -0.746. The highest BCUT2D eigenvalue weighted by Gasteiger charge is 2.31. The van der Waals surface area contributed by atoms with Gasteiger partial charge in [-0.05, 0) is 6.42 Å². The van der Waals surface area contributed by atoms with Crippen molar-refractivity contribution in [2.45, 2.75) is 25.4 Å². The second-order valence-electron chi connectivity index (χ2n) is 3.98. The van der Waals surface area contributed by atoms with Gasteiger partial charge in [0.15, 0.2) is 0 Å². The predicted molar refractivity (Wildman–Crippen MR) is 56.6 cm³/mol. The number of hydrogen-bond acceptors (Lipinski definition) is 4. The van der Waals surface area contributed by atoms with Crippen LogP contribution in [0.2, 0.25) is 0 Å². The maximum absolute atomic E-state index is 11.2. The molecule has 1 atom stereocenters. The lowest BCUT2D eigenvalue weighted by molar-refractivity contribution is -0.120. The number of aliphatic hydroxyl groups is 1. The summed E-state index contributed by atoms with van der Waals surface area (Å²) in [4.78, 5) is 11.2. The number of carbonyl (C=O) groups is 1. The van der Waals surface area contributed by atoms with Gasteiger partial charge in [0.25, 0.3) is 0 Å². The van der Waals surface area contributed by atoms with Gasteiger partial charge in [0.1, 0.15) is 5.60 Å². The van der Waals surface area contributed by atoms with Crippen LogP contribution in [0.5, 0.6) is 0 Å². The molecule has 1 heterocycles. The van der Waals surface area contributed by atoms with E-state index in [1.807, 2.05) is 6.92 Å². The van der Waals surface area contributed by atoms with E-state index in [9.17, 15) is 9.90 Å². The molecule has 1 aliphatic heterocycles. The fraction of sp³-hybridized carbons (Fsp3) is 0.900. The minimum atomic E-state index is -0.787. The first-order valence-corrected chi connectivity index (χ1v) is 5.44. The molecule has 0 aliphatic carbocycles. The smallest absolute Gasteiger partial charge is 0.233 e. The molecular weight excluding hydrogens is 196 g/mol. The number of hydrogen-bond donors (Lipinski definition) is 3. The Kier molecular flexibility index (Phi) is 5.01. The summed E-state index contributed by atoms with van der Waals surface area (Å²) in [5.74, 6) is -0.0284. The molecule has 0 bridgehead atoms. The van der Waals surface area contributed by atoms with Crippen molar-refractivity contribution >= 4 is 5.91 Å². The van der Waals surface area contributed by atoms with E-state index >= 15 is 0 Å². The lowest BCUT2D eigenvalue weighted by Gasteiger charge is -2.20. The van der Waals surface area contributed by atoms with Crippen LogP contribution < -0.4 is 10.6 Å². The van der Waals surface area contributed by atoms with Crippen molar-refractivity contribution in [3.05, 3.63) is 0 Å². The molecule has 3 N–H and O–H groups in total. The third kappa shape index (κ3) is 4.59. The normalized spacial score (nSPS) is 25.5.